The van der Waals surface area contributed by atoms with E-state index < -0.39 is 0 Å². The molecule has 4 nitrogen and oxygen atoms in total. The van der Waals surface area contributed by atoms with Gasteiger partial charge in [0.05, 0.1) is 0 Å². The molecule has 2 aliphatic heterocycles. The lowest BCUT2D eigenvalue weighted by Crippen LogP contribution is -2.33. The molecule has 2 N–H and O–H groups in total. The third kappa shape index (κ3) is 4.70. The van der Waals surface area contributed by atoms with Gasteiger partial charge in [-0.25, -0.2) is 0 Å². The van der Waals surface area contributed by atoms with Gasteiger partial charge in [0.15, 0.2) is 0 Å². The van der Waals surface area contributed by atoms with Gasteiger partial charge in [0, 0.05) is 32.2 Å². The zero-order chi connectivity index (χ0) is 15.2. The molecule has 1 aromatic rings. The summed E-state index contributed by atoms with van der Waals surface area (Å²) >= 11 is 0. The van der Waals surface area contributed by atoms with E-state index in [4.69, 9.17) is 10.5 Å². The number of nitrogens with zero attached hydrogens (tertiary/aromatic N) is 2. The number of hydrogen-bond donors (Lipinski definition) is 1. The summed E-state index contributed by atoms with van der Waals surface area (Å²) in [6.45, 7) is 7.42. The molecular formula is C18H29N3O. The number of ether oxygens (including phenoxy) is 1. The number of hydrogen-bond acceptors (Lipinski definition) is 4. The van der Waals surface area contributed by atoms with Crippen molar-refractivity contribution in [3.8, 4) is 5.75 Å². The van der Waals surface area contributed by atoms with Crippen molar-refractivity contribution >= 4 is 0 Å². The van der Waals surface area contributed by atoms with Gasteiger partial charge in [0.1, 0.15) is 12.4 Å². The molecule has 122 valence electrons. The zero-order valence-corrected chi connectivity index (χ0v) is 13.5. The third-order valence-corrected chi connectivity index (χ3v) is 4.74. The van der Waals surface area contributed by atoms with Crippen molar-refractivity contribution in [1.82, 2.24) is 9.80 Å². The summed E-state index contributed by atoms with van der Waals surface area (Å²) in [6.07, 6.45) is 5.19. The van der Waals surface area contributed by atoms with Gasteiger partial charge in [-0.2, -0.15) is 0 Å². The molecule has 0 spiro atoms. The molecule has 2 fully saturated rings. The Labute approximate surface area is 134 Å². The van der Waals surface area contributed by atoms with Crippen LogP contribution in [-0.2, 0) is 6.54 Å². The van der Waals surface area contributed by atoms with E-state index in [-0.39, 0.29) is 0 Å². The van der Waals surface area contributed by atoms with Crippen molar-refractivity contribution in [1.29, 1.82) is 0 Å². The fourth-order valence-electron chi connectivity index (χ4n) is 3.47. The topological polar surface area (TPSA) is 41.7 Å². The van der Waals surface area contributed by atoms with Crippen LogP contribution in [0.4, 0.5) is 0 Å². The molecule has 0 aliphatic carbocycles. The minimum atomic E-state index is 0.351. The van der Waals surface area contributed by atoms with Crippen LogP contribution in [0.1, 0.15) is 31.2 Å². The van der Waals surface area contributed by atoms with Crippen LogP contribution < -0.4 is 10.5 Å². The molecule has 0 saturated carbocycles. The molecule has 0 aromatic heterocycles. The number of benzene rings is 1. The Hall–Kier alpha value is -1.10. The summed E-state index contributed by atoms with van der Waals surface area (Å²) in [6, 6.07) is 8.88. The molecule has 0 bridgehead atoms. The van der Waals surface area contributed by atoms with E-state index in [1.165, 1.54) is 37.9 Å². The maximum atomic E-state index is 5.97. The lowest BCUT2D eigenvalue weighted by molar-refractivity contribution is 0.183. The van der Waals surface area contributed by atoms with Gasteiger partial charge in [-0.05, 0) is 50.0 Å². The van der Waals surface area contributed by atoms with Crippen molar-refractivity contribution < 1.29 is 4.74 Å². The Balaban J connectivity index is 1.44. The number of piperidine rings is 1. The monoisotopic (exact) mass is 303 g/mol. The summed E-state index contributed by atoms with van der Waals surface area (Å²) < 4.78 is 5.95. The molecule has 4 heteroatoms. The fraction of sp³-hybridized carbons (Fsp3) is 0.667. The summed E-state index contributed by atoms with van der Waals surface area (Å²) in [5.74, 6) is 0.998. The highest BCUT2D eigenvalue weighted by Gasteiger charge is 2.18. The van der Waals surface area contributed by atoms with Crippen molar-refractivity contribution in [2.24, 2.45) is 5.73 Å². The minimum Gasteiger partial charge on any atom is -0.492 e. The van der Waals surface area contributed by atoms with Gasteiger partial charge in [-0.15, -0.1) is 0 Å². The Morgan fingerprint density at radius 2 is 1.95 bits per heavy atom. The van der Waals surface area contributed by atoms with E-state index in [1.807, 2.05) is 0 Å². The van der Waals surface area contributed by atoms with Crippen LogP contribution in [0.15, 0.2) is 24.3 Å². The van der Waals surface area contributed by atoms with E-state index in [0.717, 1.165) is 45.0 Å². The Morgan fingerprint density at radius 3 is 2.73 bits per heavy atom. The standard InChI is InChI=1S/C18H29N3O/c19-17-7-10-21(15-17)14-16-5-4-6-18(13-16)22-12-11-20-8-2-1-3-9-20/h4-6,13,17H,1-3,7-12,14-15,19H2/t17-/m1/s1. The first-order chi connectivity index (χ1) is 10.8. The number of rotatable bonds is 6. The Kier molecular flexibility index (Phi) is 5.70. The van der Waals surface area contributed by atoms with Gasteiger partial charge in [-0.1, -0.05) is 18.6 Å². The maximum absolute atomic E-state index is 5.97. The first kappa shape index (κ1) is 15.8. The zero-order valence-electron chi connectivity index (χ0n) is 13.5. The molecular weight excluding hydrogens is 274 g/mol. The van der Waals surface area contributed by atoms with Gasteiger partial charge < -0.3 is 10.5 Å². The fourth-order valence-corrected chi connectivity index (χ4v) is 3.47. The van der Waals surface area contributed by atoms with Gasteiger partial charge in [0.25, 0.3) is 0 Å². The first-order valence-electron chi connectivity index (χ1n) is 8.71. The summed E-state index contributed by atoms with van der Waals surface area (Å²) in [4.78, 5) is 4.94. The lowest BCUT2D eigenvalue weighted by atomic mass is 10.1. The maximum Gasteiger partial charge on any atom is 0.119 e. The average Bonchev–Trinajstić information content (AvgIpc) is 2.94. The van der Waals surface area contributed by atoms with Crippen molar-refractivity contribution in [3.63, 3.8) is 0 Å². The molecule has 2 saturated heterocycles. The van der Waals surface area contributed by atoms with Crippen LogP contribution in [0.25, 0.3) is 0 Å². The predicted molar refractivity (Wildman–Crippen MR) is 90.1 cm³/mol. The van der Waals surface area contributed by atoms with E-state index in [0.29, 0.717) is 6.04 Å². The normalized spacial score (nSPS) is 23.8. The third-order valence-electron chi connectivity index (χ3n) is 4.74. The van der Waals surface area contributed by atoms with E-state index in [2.05, 4.69) is 34.1 Å². The molecule has 0 radical (unpaired) electrons. The molecule has 0 unspecified atom stereocenters. The van der Waals surface area contributed by atoms with Gasteiger partial charge >= 0.3 is 0 Å². The SMILES string of the molecule is N[C@@H]1CCN(Cc2cccc(OCCN3CCCCC3)c2)C1. The quantitative estimate of drug-likeness (QED) is 0.874. The Morgan fingerprint density at radius 1 is 1.09 bits per heavy atom. The summed E-state index contributed by atoms with van der Waals surface area (Å²) in [5, 5.41) is 0. The lowest BCUT2D eigenvalue weighted by Gasteiger charge is -2.26. The molecule has 1 atom stereocenters. The Bertz CT molecular complexity index is 459. The molecule has 0 amide bonds. The predicted octanol–water partition coefficient (Wildman–Crippen LogP) is 2.08. The smallest absolute Gasteiger partial charge is 0.119 e. The molecule has 22 heavy (non-hydrogen) atoms. The highest BCUT2D eigenvalue weighted by Crippen LogP contribution is 2.17. The van der Waals surface area contributed by atoms with Crippen molar-refractivity contribution in [2.75, 3.05) is 39.3 Å². The van der Waals surface area contributed by atoms with Crippen LogP contribution in [0.3, 0.4) is 0 Å². The first-order valence-corrected chi connectivity index (χ1v) is 8.71. The van der Waals surface area contributed by atoms with Crippen LogP contribution in [0.5, 0.6) is 5.75 Å². The summed E-state index contributed by atoms with van der Waals surface area (Å²) in [5.41, 5.74) is 7.30. The number of nitrogens with two attached hydrogens (primary N) is 1. The van der Waals surface area contributed by atoms with E-state index in [9.17, 15) is 0 Å². The second-order valence-electron chi connectivity index (χ2n) is 6.68. The van der Waals surface area contributed by atoms with Gasteiger partial charge in [-0.3, -0.25) is 9.80 Å². The average molecular weight is 303 g/mol. The number of likely N-dealkylation sites (tertiary alicyclic amines) is 2. The van der Waals surface area contributed by atoms with Crippen molar-refractivity contribution in [3.05, 3.63) is 29.8 Å². The van der Waals surface area contributed by atoms with Crippen LogP contribution in [-0.4, -0.2) is 55.2 Å². The second kappa shape index (κ2) is 7.95. The molecule has 3 rings (SSSR count). The van der Waals surface area contributed by atoms with Crippen LogP contribution in [0, 0.1) is 0 Å². The van der Waals surface area contributed by atoms with E-state index >= 15 is 0 Å². The second-order valence-corrected chi connectivity index (χ2v) is 6.68. The molecule has 1 aromatic carbocycles. The molecule has 2 aliphatic rings. The highest BCUT2D eigenvalue weighted by atomic mass is 16.5. The highest BCUT2D eigenvalue weighted by molar-refractivity contribution is 5.28. The van der Waals surface area contributed by atoms with Crippen LogP contribution >= 0.6 is 0 Å². The van der Waals surface area contributed by atoms with Gasteiger partial charge in [0.2, 0.25) is 0 Å². The largest absolute Gasteiger partial charge is 0.492 e. The van der Waals surface area contributed by atoms with E-state index in [1.54, 1.807) is 0 Å². The molecule has 2 heterocycles. The summed E-state index contributed by atoms with van der Waals surface area (Å²) in [7, 11) is 0. The van der Waals surface area contributed by atoms with Crippen molar-refractivity contribution in [2.45, 2.75) is 38.3 Å². The minimum absolute atomic E-state index is 0.351. The van der Waals surface area contributed by atoms with Crippen LogP contribution in [0.2, 0.25) is 0 Å².